The van der Waals surface area contributed by atoms with Crippen molar-refractivity contribution >= 4 is 18.0 Å². The number of nitrogens with one attached hydrogen (secondary N) is 1. The fraction of sp³-hybridized carbons (Fsp3) is 0.364. The lowest BCUT2D eigenvalue weighted by Gasteiger charge is -2.06. The van der Waals surface area contributed by atoms with Gasteiger partial charge in [0.15, 0.2) is 6.61 Å². The molecule has 1 N–H and O–H groups in total. The minimum Gasteiger partial charge on any atom is -0.452 e. The van der Waals surface area contributed by atoms with Gasteiger partial charge in [-0.25, -0.2) is 4.79 Å². The normalized spacial score (nSPS) is 13.7. The van der Waals surface area contributed by atoms with Crippen LogP contribution in [0.3, 0.4) is 0 Å². The van der Waals surface area contributed by atoms with Gasteiger partial charge in [0.1, 0.15) is 0 Å². The Labute approximate surface area is 160 Å². The molecule has 1 fully saturated rings. The van der Waals surface area contributed by atoms with Crippen LogP contribution in [0.4, 0.5) is 0 Å². The lowest BCUT2D eigenvalue weighted by Crippen LogP contribution is -2.30. The van der Waals surface area contributed by atoms with Crippen molar-refractivity contribution in [3.8, 4) is 0 Å². The Kier molecular flexibility index (Phi) is 6.12. The molecule has 142 valence electrons. The third-order valence-electron chi connectivity index (χ3n) is 4.76. The first-order chi connectivity index (χ1) is 13.0. The number of hydrogen-bond donors (Lipinski definition) is 1. The number of rotatable bonds is 8. The van der Waals surface area contributed by atoms with Crippen molar-refractivity contribution in [2.45, 2.75) is 39.2 Å². The van der Waals surface area contributed by atoms with Crippen LogP contribution in [0.25, 0.3) is 6.08 Å². The van der Waals surface area contributed by atoms with E-state index in [0.717, 1.165) is 23.2 Å². The minimum atomic E-state index is -0.510. The second-order valence-corrected chi connectivity index (χ2v) is 6.95. The van der Waals surface area contributed by atoms with Crippen molar-refractivity contribution in [1.82, 2.24) is 9.88 Å². The molecule has 0 unspecified atom stereocenters. The lowest BCUT2D eigenvalue weighted by atomic mass is 10.1. The van der Waals surface area contributed by atoms with Crippen LogP contribution in [0, 0.1) is 13.8 Å². The topological polar surface area (TPSA) is 60.3 Å². The second kappa shape index (κ2) is 8.71. The van der Waals surface area contributed by atoms with Gasteiger partial charge in [-0.05, 0) is 56.4 Å². The lowest BCUT2D eigenvalue weighted by molar-refractivity contribution is -0.143. The summed E-state index contributed by atoms with van der Waals surface area (Å²) >= 11 is 0. The standard InChI is InChI=1S/C22H26N2O3/c1-16-14-19(17(2)24(16)20-9-10-20)8-11-22(26)27-15-21(25)23-13-12-18-6-4-3-5-7-18/h3-8,11,14,20H,9-10,12-13,15H2,1-2H3,(H,23,25)/b11-8+. The maximum atomic E-state index is 11.9. The predicted octanol–water partition coefficient (Wildman–Crippen LogP) is 3.36. The summed E-state index contributed by atoms with van der Waals surface area (Å²) in [6.07, 6.45) is 6.34. The number of aryl methyl sites for hydroxylation is 1. The van der Waals surface area contributed by atoms with Crippen LogP contribution in [0.2, 0.25) is 0 Å². The van der Waals surface area contributed by atoms with Gasteiger partial charge in [-0.15, -0.1) is 0 Å². The van der Waals surface area contributed by atoms with E-state index in [1.807, 2.05) is 30.3 Å². The van der Waals surface area contributed by atoms with Gasteiger partial charge in [-0.1, -0.05) is 30.3 Å². The molecule has 1 aliphatic carbocycles. The van der Waals surface area contributed by atoms with E-state index in [1.165, 1.54) is 24.6 Å². The van der Waals surface area contributed by atoms with Gasteiger partial charge in [-0.3, -0.25) is 4.79 Å². The Bertz CT molecular complexity index is 833. The van der Waals surface area contributed by atoms with Gasteiger partial charge in [0, 0.05) is 30.1 Å². The first-order valence-electron chi connectivity index (χ1n) is 9.38. The zero-order chi connectivity index (χ0) is 19.2. The number of carbonyl (C=O) groups is 2. The van der Waals surface area contributed by atoms with Gasteiger partial charge in [0.25, 0.3) is 5.91 Å². The molecule has 1 saturated carbocycles. The molecule has 0 bridgehead atoms. The highest BCUT2D eigenvalue weighted by Gasteiger charge is 2.26. The quantitative estimate of drug-likeness (QED) is 0.576. The van der Waals surface area contributed by atoms with E-state index in [-0.39, 0.29) is 12.5 Å². The first kappa shape index (κ1) is 19.0. The molecule has 3 rings (SSSR count). The molecule has 0 aliphatic heterocycles. The molecule has 0 spiro atoms. The van der Waals surface area contributed by atoms with Crippen LogP contribution in [0.5, 0.6) is 0 Å². The maximum absolute atomic E-state index is 11.9. The fourth-order valence-electron chi connectivity index (χ4n) is 3.25. The first-order valence-corrected chi connectivity index (χ1v) is 9.38. The number of hydrogen-bond acceptors (Lipinski definition) is 3. The number of esters is 1. The SMILES string of the molecule is Cc1cc(/C=C/C(=O)OCC(=O)NCCc2ccccc2)c(C)n1C1CC1. The van der Waals surface area contributed by atoms with Crippen molar-refractivity contribution in [3.63, 3.8) is 0 Å². The van der Waals surface area contributed by atoms with Crippen LogP contribution in [0.1, 0.15) is 41.4 Å². The molecule has 1 aromatic heterocycles. The van der Waals surface area contributed by atoms with E-state index < -0.39 is 5.97 Å². The number of benzene rings is 1. The number of carbonyl (C=O) groups excluding carboxylic acids is 2. The van der Waals surface area contributed by atoms with E-state index in [4.69, 9.17) is 4.74 Å². The average Bonchev–Trinajstić information content (AvgIpc) is 3.45. The maximum Gasteiger partial charge on any atom is 0.331 e. The van der Waals surface area contributed by atoms with Crippen LogP contribution in [-0.2, 0) is 20.7 Å². The number of aromatic nitrogens is 1. The van der Waals surface area contributed by atoms with E-state index in [1.54, 1.807) is 6.08 Å². The van der Waals surface area contributed by atoms with Gasteiger partial charge in [0.2, 0.25) is 0 Å². The Balaban J connectivity index is 1.41. The summed E-state index contributed by atoms with van der Waals surface area (Å²) < 4.78 is 7.35. The van der Waals surface area contributed by atoms with Gasteiger partial charge < -0.3 is 14.6 Å². The number of ether oxygens (including phenoxy) is 1. The third-order valence-corrected chi connectivity index (χ3v) is 4.76. The summed E-state index contributed by atoms with van der Waals surface area (Å²) in [5.41, 5.74) is 4.55. The molecule has 2 aromatic rings. The molecule has 0 radical (unpaired) electrons. The van der Waals surface area contributed by atoms with E-state index in [9.17, 15) is 9.59 Å². The fourth-order valence-corrected chi connectivity index (χ4v) is 3.25. The van der Waals surface area contributed by atoms with Crippen LogP contribution >= 0.6 is 0 Å². The molecule has 1 aliphatic rings. The number of nitrogens with zero attached hydrogens (tertiary/aromatic N) is 1. The molecule has 1 heterocycles. The smallest absolute Gasteiger partial charge is 0.331 e. The summed E-state index contributed by atoms with van der Waals surface area (Å²) in [7, 11) is 0. The zero-order valence-electron chi connectivity index (χ0n) is 15.9. The summed E-state index contributed by atoms with van der Waals surface area (Å²) in [5.74, 6) is -0.802. The monoisotopic (exact) mass is 366 g/mol. The second-order valence-electron chi connectivity index (χ2n) is 6.95. The van der Waals surface area contributed by atoms with Gasteiger partial charge >= 0.3 is 5.97 Å². The van der Waals surface area contributed by atoms with Crippen molar-refractivity contribution in [3.05, 3.63) is 65.0 Å². The van der Waals surface area contributed by atoms with Crippen LogP contribution < -0.4 is 5.32 Å². The molecule has 0 atom stereocenters. The highest BCUT2D eigenvalue weighted by molar-refractivity contribution is 5.89. The zero-order valence-corrected chi connectivity index (χ0v) is 15.9. The van der Waals surface area contributed by atoms with Crippen molar-refractivity contribution in [2.75, 3.05) is 13.2 Å². The molecular formula is C22H26N2O3. The summed E-state index contributed by atoms with van der Waals surface area (Å²) in [4.78, 5) is 23.6. The largest absolute Gasteiger partial charge is 0.452 e. The highest BCUT2D eigenvalue weighted by Crippen LogP contribution is 2.38. The Hall–Kier alpha value is -2.82. The van der Waals surface area contributed by atoms with E-state index in [0.29, 0.717) is 12.6 Å². The summed E-state index contributed by atoms with van der Waals surface area (Å²) in [6, 6.07) is 12.6. The van der Waals surface area contributed by atoms with Crippen LogP contribution in [-0.4, -0.2) is 29.6 Å². The van der Waals surface area contributed by atoms with Crippen molar-refractivity contribution < 1.29 is 14.3 Å². The Morgan fingerprint density at radius 2 is 1.96 bits per heavy atom. The van der Waals surface area contributed by atoms with Crippen LogP contribution in [0.15, 0.2) is 42.5 Å². The Morgan fingerprint density at radius 3 is 2.67 bits per heavy atom. The number of amides is 1. The highest BCUT2D eigenvalue weighted by atomic mass is 16.5. The minimum absolute atomic E-state index is 0.265. The van der Waals surface area contributed by atoms with Gasteiger partial charge in [-0.2, -0.15) is 0 Å². The molecule has 1 amide bonds. The summed E-state index contributed by atoms with van der Waals surface area (Å²) in [5, 5.41) is 2.76. The molecule has 27 heavy (non-hydrogen) atoms. The molecule has 5 nitrogen and oxygen atoms in total. The molecular weight excluding hydrogens is 340 g/mol. The molecule has 5 heteroatoms. The average molecular weight is 366 g/mol. The summed E-state index contributed by atoms with van der Waals surface area (Å²) in [6.45, 7) is 4.40. The van der Waals surface area contributed by atoms with E-state index >= 15 is 0 Å². The molecule has 0 saturated heterocycles. The van der Waals surface area contributed by atoms with Crippen molar-refractivity contribution in [1.29, 1.82) is 0 Å². The third kappa shape index (κ3) is 5.33. The van der Waals surface area contributed by atoms with Crippen molar-refractivity contribution in [2.24, 2.45) is 0 Å². The predicted molar refractivity (Wildman–Crippen MR) is 105 cm³/mol. The molecule has 1 aromatic carbocycles. The Morgan fingerprint density at radius 1 is 1.22 bits per heavy atom. The van der Waals surface area contributed by atoms with E-state index in [2.05, 4.69) is 29.8 Å². The van der Waals surface area contributed by atoms with Gasteiger partial charge in [0.05, 0.1) is 0 Å².